The van der Waals surface area contributed by atoms with Crippen molar-refractivity contribution >= 4 is 23.4 Å². The van der Waals surface area contributed by atoms with Crippen molar-refractivity contribution in [3.8, 4) is 0 Å². The van der Waals surface area contributed by atoms with E-state index in [2.05, 4.69) is 11.9 Å². The van der Waals surface area contributed by atoms with Crippen molar-refractivity contribution in [2.75, 3.05) is 38.2 Å². The van der Waals surface area contributed by atoms with Crippen LogP contribution in [0.1, 0.15) is 29.6 Å². The molecule has 0 spiro atoms. The van der Waals surface area contributed by atoms with Gasteiger partial charge >= 0.3 is 0 Å². The number of nitrogens with one attached hydrogen (secondary N) is 1. The standard InChI is InChI=1S/C20H25N3O4/c1-2-18(24)21-16-8-6-15(7-9-16)19(25)23-10-4-3-5-17(23)20(26)22-11-13-27-14-12-22/h2,6-9,17H,1,3-5,10-14H2,(H,21,24). The lowest BCUT2D eigenvalue weighted by molar-refractivity contribution is -0.141. The van der Waals surface area contributed by atoms with Crippen LogP contribution >= 0.6 is 0 Å². The second-order valence-corrected chi connectivity index (χ2v) is 6.72. The minimum absolute atomic E-state index is 0.0150. The average Bonchev–Trinajstić information content (AvgIpc) is 2.73. The number of carbonyl (C=O) groups excluding carboxylic acids is 3. The predicted octanol–water partition coefficient (Wildman–Crippen LogP) is 1.66. The van der Waals surface area contributed by atoms with Gasteiger partial charge < -0.3 is 19.9 Å². The van der Waals surface area contributed by atoms with Gasteiger partial charge in [-0.05, 0) is 49.6 Å². The Bertz CT molecular complexity index is 710. The predicted molar refractivity (Wildman–Crippen MR) is 101 cm³/mol. The van der Waals surface area contributed by atoms with E-state index in [9.17, 15) is 14.4 Å². The summed E-state index contributed by atoms with van der Waals surface area (Å²) in [7, 11) is 0. The van der Waals surface area contributed by atoms with E-state index in [0.29, 0.717) is 50.5 Å². The third-order valence-electron chi connectivity index (χ3n) is 4.96. The summed E-state index contributed by atoms with van der Waals surface area (Å²) in [5.74, 6) is -0.439. The summed E-state index contributed by atoms with van der Waals surface area (Å²) in [5, 5.41) is 2.65. The molecule has 144 valence electrons. The number of benzene rings is 1. The molecule has 0 saturated carbocycles. The van der Waals surface area contributed by atoms with Crippen LogP contribution in [-0.4, -0.2) is 66.4 Å². The van der Waals surface area contributed by atoms with E-state index in [0.717, 1.165) is 12.8 Å². The van der Waals surface area contributed by atoms with Gasteiger partial charge in [-0.2, -0.15) is 0 Å². The van der Waals surface area contributed by atoms with E-state index >= 15 is 0 Å². The molecular formula is C20H25N3O4. The zero-order chi connectivity index (χ0) is 19.2. The maximum absolute atomic E-state index is 13.0. The number of piperidine rings is 1. The van der Waals surface area contributed by atoms with Gasteiger partial charge in [-0.15, -0.1) is 0 Å². The van der Waals surface area contributed by atoms with Crippen molar-refractivity contribution in [2.24, 2.45) is 0 Å². The van der Waals surface area contributed by atoms with E-state index < -0.39 is 6.04 Å². The van der Waals surface area contributed by atoms with Crippen molar-refractivity contribution in [1.82, 2.24) is 9.80 Å². The fourth-order valence-corrected chi connectivity index (χ4v) is 3.48. The second-order valence-electron chi connectivity index (χ2n) is 6.72. The van der Waals surface area contributed by atoms with Gasteiger partial charge in [0.05, 0.1) is 13.2 Å². The molecule has 2 saturated heterocycles. The molecule has 3 rings (SSSR count). The van der Waals surface area contributed by atoms with Gasteiger partial charge in [0.15, 0.2) is 0 Å². The normalized spacial score (nSPS) is 20.1. The maximum Gasteiger partial charge on any atom is 0.254 e. The Labute approximate surface area is 159 Å². The fraction of sp³-hybridized carbons (Fsp3) is 0.450. The first-order valence-corrected chi connectivity index (χ1v) is 9.31. The molecule has 1 N–H and O–H groups in total. The van der Waals surface area contributed by atoms with Crippen LogP contribution in [0.25, 0.3) is 0 Å². The molecule has 1 aromatic rings. The Hall–Kier alpha value is -2.67. The molecule has 1 unspecified atom stereocenters. The Morgan fingerprint density at radius 3 is 2.44 bits per heavy atom. The summed E-state index contributed by atoms with van der Waals surface area (Å²) >= 11 is 0. The van der Waals surface area contributed by atoms with E-state index in [1.165, 1.54) is 6.08 Å². The first-order chi connectivity index (χ1) is 13.1. The SMILES string of the molecule is C=CC(=O)Nc1ccc(C(=O)N2CCCCC2C(=O)N2CCOCC2)cc1. The minimum atomic E-state index is -0.413. The largest absolute Gasteiger partial charge is 0.378 e. The lowest BCUT2D eigenvalue weighted by Gasteiger charge is -2.38. The summed E-state index contributed by atoms with van der Waals surface area (Å²) in [6.07, 6.45) is 3.72. The molecule has 7 nitrogen and oxygen atoms in total. The number of rotatable bonds is 4. The topological polar surface area (TPSA) is 79.0 Å². The summed E-state index contributed by atoms with van der Waals surface area (Å²) < 4.78 is 5.32. The van der Waals surface area contributed by atoms with Gasteiger partial charge in [0.2, 0.25) is 11.8 Å². The van der Waals surface area contributed by atoms with Gasteiger partial charge in [-0.3, -0.25) is 14.4 Å². The minimum Gasteiger partial charge on any atom is -0.378 e. The fourth-order valence-electron chi connectivity index (χ4n) is 3.48. The highest BCUT2D eigenvalue weighted by molar-refractivity contribution is 6.00. The van der Waals surface area contributed by atoms with E-state index in [1.807, 2.05) is 0 Å². The van der Waals surface area contributed by atoms with E-state index in [-0.39, 0.29) is 17.7 Å². The molecule has 2 fully saturated rings. The third-order valence-corrected chi connectivity index (χ3v) is 4.96. The highest BCUT2D eigenvalue weighted by atomic mass is 16.5. The lowest BCUT2D eigenvalue weighted by Crippen LogP contribution is -2.55. The third kappa shape index (κ3) is 4.54. The Kier molecular flexibility index (Phi) is 6.24. The molecule has 1 atom stereocenters. The highest BCUT2D eigenvalue weighted by Crippen LogP contribution is 2.22. The zero-order valence-electron chi connectivity index (χ0n) is 15.4. The number of likely N-dealkylation sites (tertiary alicyclic amines) is 1. The number of carbonyl (C=O) groups is 3. The molecule has 0 aromatic heterocycles. The first-order valence-electron chi connectivity index (χ1n) is 9.31. The van der Waals surface area contributed by atoms with Gasteiger partial charge in [0.25, 0.3) is 5.91 Å². The van der Waals surface area contributed by atoms with Crippen LogP contribution in [0.2, 0.25) is 0 Å². The molecule has 2 aliphatic heterocycles. The van der Waals surface area contributed by atoms with Crippen LogP contribution < -0.4 is 5.32 Å². The summed E-state index contributed by atoms with van der Waals surface area (Å²) in [4.78, 5) is 40.8. The van der Waals surface area contributed by atoms with Gasteiger partial charge in [0, 0.05) is 30.9 Å². The number of morpholine rings is 1. The average molecular weight is 371 g/mol. The van der Waals surface area contributed by atoms with Crippen molar-refractivity contribution in [3.05, 3.63) is 42.5 Å². The smallest absolute Gasteiger partial charge is 0.254 e. The van der Waals surface area contributed by atoms with Crippen molar-refractivity contribution in [2.45, 2.75) is 25.3 Å². The van der Waals surface area contributed by atoms with Crippen LogP contribution in [0, 0.1) is 0 Å². The van der Waals surface area contributed by atoms with Crippen LogP contribution in [0.15, 0.2) is 36.9 Å². The Balaban J connectivity index is 1.71. The summed E-state index contributed by atoms with van der Waals surface area (Å²) in [6, 6.07) is 6.29. The zero-order valence-corrected chi connectivity index (χ0v) is 15.4. The second kappa shape index (κ2) is 8.81. The van der Waals surface area contributed by atoms with Gasteiger partial charge in [0.1, 0.15) is 6.04 Å². The molecule has 2 heterocycles. The number of amides is 3. The molecule has 0 aliphatic carbocycles. The number of hydrogen-bond donors (Lipinski definition) is 1. The monoisotopic (exact) mass is 371 g/mol. The van der Waals surface area contributed by atoms with Crippen molar-refractivity contribution in [1.29, 1.82) is 0 Å². The molecule has 2 aliphatic rings. The van der Waals surface area contributed by atoms with E-state index in [1.54, 1.807) is 34.1 Å². The number of ether oxygens (including phenoxy) is 1. The molecular weight excluding hydrogens is 346 g/mol. The quantitative estimate of drug-likeness (QED) is 0.817. The van der Waals surface area contributed by atoms with Crippen LogP contribution in [0.5, 0.6) is 0 Å². The van der Waals surface area contributed by atoms with Crippen LogP contribution in [0.3, 0.4) is 0 Å². The number of anilines is 1. The lowest BCUT2D eigenvalue weighted by atomic mass is 9.99. The van der Waals surface area contributed by atoms with Crippen LogP contribution in [-0.2, 0) is 14.3 Å². The van der Waals surface area contributed by atoms with Crippen molar-refractivity contribution < 1.29 is 19.1 Å². The molecule has 0 bridgehead atoms. The van der Waals surface area contributed by atoms with Crippen LogP contribution in [0.4, 0.5) is 5.69 Å². The Morgan fingerprint density at radius 1 is 1.07 bits per heavy atom. The molecule has 1 aromatic carbocycles. The molecule has 0 radical (unpaired) electrons. The van der Waals surface area contributed by atoms with Crippen molar-refractivity contribution in [3.63, 3.8) is 0 Å². The summed E-state index contributed by atoms with van der Waals surface area (Å²) in [6.45, 7) is 6.24. The maximum atomic E-state index is 13.0. The van der Waals surface area contributed by atoms with Gasteiger partial charge in [-0.1, -0.05) is 6.58 Å². The summed E-state index contributed by atoms with van der Waals surface area (Å²) in [5.41, 5.74) is 1.10. The number of nitrogens with zero attached hydrogens (tertiary/aromatic N) is 2. The number of hydrogen-bond acceptors (Lipinski definition) is 4. The van der Waals surface area contributed by atoms with Gasteiger partial charge in [-0.25, -0.2) is 0 Å². The molecule has 3 amide bonds. The first kappa shape index (κ1) is 19.1. The highest BCUT2D eigenvalue weighted by Gasteiger charge is 2.35. The van der Waals surface area contributed by atoms with E-state index in [4.69, 9.17) is 4.74 Å². The molecule has 7 heteroatoms. The molecule has 27 heavy (non-hydrogen) atoms. The Morgan fingerprint density at radius 2 is 1.78 bits per heavy atom.